The zero-order valence-electron chi connectivity index (χ0n) is 8.17. The maximum Gasteiger partial charge on any atom is 0.338 e. The van der Waals surface area contributed by atoms with Crippen molar-refractivity contribution in [2.24, 2.45) is 0 Å². The Morgan fingerprint density at radius 1 is 1.29 bits per heavy atom. The van der Waals surface area contributed by atoms with Crippen molar-refractivity contribution < 1.29 is 14.7 Å². The molecule has 0 fully saturated rings. The Bertz CT molecular complexity index is 395. The summed E-state index contributed by atoms with van der Waals surface area (Å²) in [5.74, 6) is -1.26. The second-order valence-corrected chi connectivity index (χ2v) is 4.38. The molecule has 0 saturated heterocycles. The first-order valence-corrected chi connectivity index (χ1v) is 4.86. The van der Waals surface area contributed by atoms with Crippen LogP contribution >= 0.6 is 11.3 Å². The zero-order valence-corrected chi connectivity index (χ0v) is 8.99. The molecular formula is C9H11NO3S. The van der Waals surface area contributed by atoms with Crippen molar-refractivity contribution in [3.05, 3.63) is 15.3 Å². The number of carbonyl (C=O) groups is 2. The van der Waals surface area contributed by atoms with E-state index in [0.29, 0.717) is 10.6 Å². The van der Waals surface area contributed by atoms with Gasteiger partial charge in [0.1, 0.15) is 0 Å². The van der Waals surface area contributed by atoms with Crippen molar-refractivity contribution in [1.82, 2.24) is 0 Å². The Balaban J connectivity index is 3.24. The van der Waals surface area contributed by atoms with Crippen molar-refractivity contribution in [3.63, 3.8) is 0 Å². The van der Waals surface area contributed by atoms with Crippen LogP contribution in [0.5, 0.6) is 0 Å². The second kappa shape index (κ2) is 3.79. The van der Waals surface area contributed by atoms with Crippen molar-refractivity contribution in [2.75, 3.05) is 5.32 Å². The van der Waals surface area contributed by atoms with Gasteiger partial charge < -0.3 is 10.4 Å². The van der Waals surface area contributed by atoms with E-state index < -0.39 is 5.97 Å². The number of nitrogens with one attached hydrogen (secondary N) is 1. The number of amides is 1. The van der Waals surface area contributed by atoms with Gasteiger partial charge in [-0.1, -0.05) is 0 Å². The van der Waals surface area contributed by atoms with E-state index in [-0.39, 0.29) is 11.5 Å². The van der Waals surface area contributed by atoms with Gasteiger partial charge in [-0.2, -0.15) is 0 Å². The van der Waals surface area contributed by atoms with Gasteiger partial charge in [0.2, 0.25) is 5.91 Å². The molecular weight excluding hydrogens is 202 g/mol. The predicted octanol–water partition coefficient (Wildman–Crippen LogP) is 2.02. The van der Waals surface area contributed by atoms with E-state index in [1.165, 1.54) is 18.3 Å². The van der Waals surface area contributed by atoms with Gasteiger partial charge in [-0.15, -0.1) is 11.3 Å². The zero-order chi connectivity index (χ0) is 10.9. The third-order valence-electron chi connectivity index (χ3n) is 1.78. The fourth-order valence-corrected chi connectivity index (χ4v) is 2.27. The first-order valence-electron chi connectivity index (χ1n) is 4.04. The van der Waals surface area contributed by atoms with Gasteiger partial charge in [-0.05, 0) is 13.8 Å². The summed E-state index contributed by atoms with van der Waals surface area (Å²) < 4.78 is 0. The molecule has 5 heteroatoms. The molecule has 0 radical (unpaired) electrons. The highest BCUT2D eigenvalue weighted by Gasteiger charge is 2.19. The van der Waals surface area contributed by atoms with Crippen LogP contribution in [0, 0.1) is 13.8 Å². The van der Waals surface area contributed by atoms with Crippen molar-refractivity contribution >= 4 is 28.9 Å². The summed E-state index contributed by atoms with van der Waals surface area (Å²) in [4.78, 5) is 23.3. The average Bonchev–Trinajstić information content (AvgIpc) is 2.25. The Morgan fingerprint density at radius 3 is 2.29 bits per heavy atom. The molecule has 0 atom stereocenters. The van der Waals surface area contributed by atoms with Crippen LogP contribution < -0.4 is 5.32 Å². The fraction of sp³-hybridized carbons (Fsp3) is 0.333. The van der Waals surface area contributed by atoms with Gasteiger partial charge in [0.15, 0.2) is 0 Å². The lowest BCUT2D eigenvalue weighted by Crippen LogP contribution is -2.10. The lowest BCUT2D eigenvalue weighted by Gasteiger charge is -2.02. The third-order valence-corrected chi connectivity index (χ3v) is 2.80. The molecule has 0 aliphatic rings. The number of aryl methyl sites for hydroxylation is 2. The van der Waals surface area contributed by atoms with Crippen LogP contribution in [0.3, 0.4) is 0 Å². The van der Waals surface area contributed by atoms with E-state index in [9.17, 15) is 9.59 Å². The Hall–Kier alpha value is -1.36. The lowest BCUT2D eigenvalue weighted by molar-refractivity contribution is -0.114. The van der Waals surface area contributed by atoms with E-state index in [2.05, 4.69) is 5.32 Å². The smallest absolute Gasteiger partial charge is 0.338 e. The summed E-state index contributed by atoms with van der Waals surface area (Å²) in [5.41, 5.74) is 0.621. The molecule has 1 aromatic heterocycles. The average molecular weight is 213 g/mol. The number of hydrogen-bond donors (Lipinski definition) is 2. The fourth-order valence-electron chi connectivity index (χ4n) is 1.27. The number of anilines is 1. The highest BCUT2D eigenvalue weighted by molar-refractivity contribution is 7.12. The SMILES string of the molecule is CC(=O)Nc1c(C)sc(C)c1C(=O)O. The van der Waals surface area contributed by atoms with Crippen LogP contribution in [0.15, 0.2) is 0 Å². The maximum atomic E-state index is 10.9. The Labute approximate surface area is 85.6 Å². The van der Waals surface area contributed by atoms with Gasteiger partial charge in [0, 0.05) is 16.7 Å². The standard InChI is InChI=1S/C9H11NO3S/c1-4-7(9(12)13)8(5(2)14-4)10-6(3)11/h1-3H3,(H,10,11)(H,12,13). The molecule has 14 heavy (non-hydrogen) atoms. The number of thiophene rings is 1. The van der Waals surface area contributed by atoms with E-state index >= 15 is 0 Å². The summed E-state index contributed by atoms with van der Waals surface area (Å²) in [6, 6.07) is 0. The van der Waals surface area contributed by atoms with Crippen LogP contribution in [-0.4, -0.2) is 17.0 Å². The van der Waals surface area contributed by atoms with Gasteiger partial charge in [0.05, 0.1) is 11.3 Å². The molecule has 4 nitrogen and oxygen atoms in total. The molecule has 0 aliphatic carbocycles. The number of hydrogen-bond acceptors (Lipinski definition) is 3. The first-order chi connectivity index (χ1) is 6.43. The molecule has 1 amide bonds. The molecule has 1 aromatic rings. The van der Waals surface area contributed by atoms with Crippen LogP contribution in [0.25, 0.3) is 0 Å². The van der Waals surface area contributed by atoms with Crippen molar-refractivity contribution in [1.29, 1.82) is 0 Å². The van der Waals surface area contributed by atoms with Crippen LogP contribution in [0.4, 0.5) is 5.69 Å². The molecule has 1 heterocycles. The predicted molar refractivity (Wildman–Crippen MR) is 55.1 cm³/mol. The normalized spacial score (nSPS) is 9.93. The van der Waals surface area contributed by atoms with Gasteiger partial charge in [-0.25, -0.2) is 4.79 Å². The summed E-state index contributed by atoms with van der Waals surface area (Å²) in [5, 5.41) is 11.5. The summed E-state index contributed by atoms with van der Waals surface area (Å²) >= 11 is 1.37. The quantitative estimate of drug-likeness (QED) is 0.789. The Kier molecular flexibility index (Phi) is 2.90. The highest BCUT2D eigenvalue weighted by Crippen LogP contribution is 2.32. The molecule has 0 spiro atoms. The molecule has 0 aliphatic heterocycles. The van der Waals surface area contributed by atoms with E-state index in [4.69, 9.17) is 5.11 Å². The third kappa shape index (κ3) is 1.93. The van der Waals surface area contributed by atoms with Crippen molar-refractivity contribution in [2.45, 2.75) is 20.8 Å². The summed E-state index contributed by atoms with van der Waals surface area (Å²) in [6.07, 6.45) is 0. The number of carboxylic acids is 1. The number of carbonyl (C=O) groups excluding carboxylic acids is 1. The number of rotatable bonds is 2. The van der Waals surface area contributed by atoms with Crippen LogP contribution in [0.2, 0.25) is 0 Å². The molecule has 0 aromatic carbocycles. The molecule has 2 N–H and O–H groups in total. The van der Waals surface area contributed by atoms with E-state index in [0.717, 1.165) is 4.88 Å². The van der Waals surface area contributed by atoms with Gasteiger partial charge in [0.25, 0.3) is 0 Å². The minimum absolute atomic E-state index is 0.197. The monoisotopic (exact) mass is 213 g/mol. The molecule has 0 bridgehead atoms. The molecule has 0 unspecified atom stereocenters. The van der Waals surface area contributed by atoms with E-state index in [1.54, 1.807) is 13.8 Å². The van der Waals surface area contributed by atoms with Gasteiger partial charge >= 0.3 is 5.97 Å². The highest BCUT2D eigenvalue weighted by atomic mass is 32.1. The minimum Gasteiger partial charge on any atom is -0.478 e. The van der Waals surface area contributed by atoms with Crippen LogP contribution in [0.1, 0.15) is 27.0 Å². The largest absolute Gasteiger partial charge is 0.478 e. The number of aromatic carboxylic acids is 1. The first kappa shape index (κ1) is 10.7. The maximum absolute atomic E-state index is 10.9. The van der Waals surface area contributed by atoms with E-state index in [1.807, 2.05) is 0 Å². The molecule has 1 rings (SSSR count). The second-order valence-electron chi connectivity index (χ2n) is 2.95. The number of carboxylic acid groups (broad SMARTS) is 1. The molecule has 0 saturated carbocycles. The Morgan fingerprint density at radius 2 is 1.86 bits per heavy atom. The van der Waals surface area contributed by atoms with Crippen LogP contribution in [-0.2, 0) is 4.79 Å². The summed E-state index contributed by atoms with van der Waals surface area (Å²) in [6.45, 7) is 4.87. The lowest BCUT2D eigenvalue weighted by atomic mass is 10.2. The summed E-state index contributed by atoms with van der Waals surface area (Å²) in [7, 11) is 0. The van der Waals surface area contributed by atoms with Crippen molar-refractivity contribution in [3.8, 4) is 0 Å². The topological polar surface area (TPSA) is 66.4 Å². The minimum atomic E-state index is -1.00. The van der Waals surface area contributed by atoms with Gasteiger partial charge in [-0.3, -0.25) is 4.79 Å². The molecule has 76 valence electrons.